The number of hydrogen-bond donors (Lipinski definition) is 0. The summed E-state index contributed by atoms with van der Waals surface area (Å²) in [5.41, 5.74) is -0.460. The van der Waals surface area contributed by atoms with E-state index in [1.165, 1.54) is 0 Å². The summed E-state index contributed by atoms with van der Waals surface area (Å²) in [4.78, 5) is 3.88. The van der Waals surface area contributed by atoms with Crippen LogP contribution in [-0.4, -0.2) is 4.98 Å². The fourth-order valence-electron chi connectivity index (χ4n) is 1.92. The largest absolute Gasteiger partial charge is 0.418 e. The smallest absolute Gasteiger partial charge is 0.260 e. The Morgan fingerprint density at radius 1 is 1.33 bits per heavy atom. The maximum absolute atomic E-state index is 12.7. The summed E-state index contributed by atoms with van der Waals surface area (Å²) in [5, 5.41) is 8.62. The Labute approximate surface area is 84.4 Å². The summed E-state index contributed by atoms with van der Waals surface area (Å²) in [6.45, 7) is 0. The van der Waals surface area contributed by atoms with Gasteiger partial charge in [-0.2, -0.15) is 18.4 Å². The van der Waals surface area contributed by atoms with Crippen molar-refractivity contribution >= 4 is 0 Å². The fourth-order valence-corrected chi connectivity index (χ4v) is 1.92. The number of halogens is 3. The van der Waals surface area contributed by atoms with Gasteiger partial charge in [0, 0.05) is 11.9 Å². The second kappa shape index (κ2) is 3.23. The van der Waals surface area contributed by atoms with Gasteiger partial charge in [0.1, 0.15) is 6.07 Å². The summed E-state index contributed by atoms with van der Waals surface area (Å²) in [6, 6.07) is 1.55. The summed E-state index contributed by atoms with van der Waals surface area (Å²) < 4.78 is 38.1. The molecule has 15 heavy (non-hydrogen) atoms. The first-order valence-electron chi connectivity index (χ1n) is 4.52. The molecule has 0 aliphatic heterocycles. The van der Waals surface area contributed by atoms with Crippen LogP contribution < -0.4 is 0 Å². The van der Waals surface area contributed by atoms with Crippen LogP contribution in [0.1, 0.15) is 28.8 Å². The molecule has 0 radical (unpaired) electrons. The third-order valence-corrected chi connectivity index (χ3v) is 2.51. The number of fused-ring (bicyclic) bond motifs is 1. The monoisotopic (exact) mass is 212 g/mol. The van der Waals surface area contributed by atoms with Crippen molar-refractivity contribution in [1.82, 2.24) is 4.98 Å². The number of aromatic nitrogens is 1. The highest BCUT2D eigenvalue weighted by atomic mass is 19.4. The minimum Gasteiger partial charge on any atom is -0.260 e. The molecule has 1 aliphatic rings. The molecule has 2 nitrogen and oxygen atoms in total. The molecule has 5 heteroatoms. The van der Waals surface area contributed by atoms with E-state index in [9.17, 15) is 13.2 Å². The Morgan fingerprint density at radius 2 is 2.07 bits per heavy atom. The Kier molecular flexibility index (Phi) is 2.14. The first-order valence-corrected chi connectivity index (χ1v) is 4.52. The van der Waals surface area contributed by atoms with Crippen molar-refractivity contribution in [2.24, 2.45) is 0 Å². The maximum atomic E-state index is 12.7. The molecule has 0 atom stereocenters. The van der Waals surface area contributed by atoms with Crippen LogP contribution in [0, 0.1) is 11.3 Å². The molecule has 0 saturated heterocycles. The lowest BCUT2D eigenvalue weighted by Gasteiger charge is -2.12. The normalized spacial score (nSPS) is 14.8. The zero-order valence-electron chi connectivity index (χ0n) is 7.73. The molecule has 0 bridgehead atoms. The van der Waals surface area contributed by atoms with Gasteiger partial charge in [0.15, 0.2) is 0 Å². The second-order valence-electron chi connectivity index (χ2n) is 3.44. The van der Waals surface area contributed by atoms with Crippen molar-refractivity contribution < 1.29 is 13.2 Å². The summed E-state index contributed by atoms with van der Waals surface area (Å²) in [7, 11) is 0. The van der Waals surface area contributed by atoms with Crippen LogP contribution in [0.3, 0.4) is 0 Å². The first kappa shape index (κ1) is 9.97. The molecule has 1 aromatic rings. The quantitative estimate of drug-likeness (QED) is 0.662. The van der Waals surface area contributed by atoms with Gasteiger partial charge in [-0.3, -0.25) is 4.98 Å². The van der Waals surface area contributed by atoms with Crippen molar-refractivity contribution in [3.8, 4) is 6.07 Å². The molecule has 0 fully saturated rings. The van der Waals surface area contributed by atoms with Gasteiger partial charge in [-0.25, -0.2) is 0 Å². The zero-order valence-corrected chi connectivity index (χ0v) is 7.73. The molecule has 0 spiro atoms. The van der Waals surface area contributed by atoms with E-state index in [0.29, 0.717) is 25.0 Å². The minimum atomic E-state index is -4.46. The summed E-state index contributed by atoms with van der Waals surface area (Å²) >= 11 is 0. The minimum absolute atomic E-state index is 0.210. The van der Waals surface area contributed by atoms with Crippen LogP contribution >= 0.6 is 0 Å². The van der Waals surface area contributed by atoms with E-state index in [2.05, 4.69) is 4.98 Å². The number of aryl methyl sites for hydroxylation is 1. The number of nitrogens with zero attached hydrogens (tertiary/aromatic N) is 2. The van der Waals surface area contributed by atoms with Gasteiger partial charge in [0.25, 0.3) is 0 Å². The molecule has 2 rings (SSSR count). The Hall–Kier alpha value is -1.57. The molecule has 1 aliphatic carbocycles. The Morgan fingerprint density at radius 3 is 2.67 bits per heavy atom. The number of alkyl halides is 3. The van der Waals surface area contributed by atoms with E-state index in [-0.39, 0.29) is 11.1 Å². The van der Waals surface area contributed by atoms with Gasteiger partial charge in [-0.05, 0) is 24.8 Å². The third kappa shape index (κ3) is 1.56. The van der Waals surface area contributed by atoms with Crippen LogP contribution in [0.2, 0.25) is 0 Å². The predicted octanol–water partition coefficient (Wildman–Crippen LogP) is 2.46. The van der Waals surface area contributed by atoms with Gasteiger partial charge in [-0.1, -0.05) is 0 Å². The molecule has 1 heterocycles. The highest BCUT2D eigenvalue weighted by Crippen LogP contribution is 2.38. The van der Waals surface area contributed by atoms with E-state index in [4.69, 9.17) is 5.26 Å². The maximum Gasteiger partial charge on any atom is 0.418 e. The molecular weight excluding hydrogens is 205 g/mol. The molecule has 78 valence electrons. The van der Waals surface area contributed by atoms with E-state index >= 15 is 0 Å². The standard InChI is InChI=1S/C10H7F3N2/c11-10(12,13)9-6(4-14)5-15-8-3-1-2-7(8)9/h5H,1-3H2. The van der Waals surface area contributed by atoms with Gasteiger partial charge in [-0.15, -0.1) is 0 Å². The van der Waals surface area contributed by atoms with Crippen LogP contribution in [0.5, 0.6) is 0 Å². The number of rotatable bonds is 0. The average molecular weight is 212 g/mol. The van der Waals surface area contributed by atoms with Crippen molar-refractivity contribution in [2.75, 3.05) is 0 Å². The van der Waals surface area contributed by atoms with E-state index in [1.54, 1.807) is 6.07 Å². The number of hydrogen-bond acceptors (Lipinski definition) is 2. The van der Waals surface area contributed by atoms with E-state index < -0.39 is 11.7 Å². The van der Waals surface area contributed by atoms with Gasteiger partial charge < -0.3 is 0 Å². The second-order valence-corrected chi connectivity index (χ2v) is 3.44. The lowest BCUT2D eigenvalue weighted by Crippen LogP contribution is -2.12. The number of pyridine rings is 1. The van der Waals surface area contributed by atoms with Crippen molar-refractivity contribution in [3.63, 3.8) is 0 Å². The first-order chi connectivity index (χ1) is 7.04. The van der Waals surface area contributed by atoms with Gasteiger partial charge in [0.05, 0.1) is 11.1 Å². The Balaban J connectivity index is 2.69. The van der Waals surface area contributed by atoms with Crippen molar-refractivity contribution in [1.29, 1.82) is 5.26 Å². The molecule has 1 aromatic heterocycles. The predicted molar refractivity (Wildman–Crippen MR) is 46.0 cm³/mol. The van der Waals surface area contributed by atoms with Crippen molar-refractivity contribution in [3.05, 3.63) is 28.6 Å². The molecule has 0 amide bonds. The topological polar surface area (TPSA) is 36.7 Å². The summed E-state index contributed by atoms with van der Waals surface area (Å²) in [6.07, 6.45) is -1.81. The van der Waals surface area contributed by atoms with Crippen LogP contribution in [0.15, 0.2) is 6.20 Å². The van der Waals surface area contributed by atoms with Crippen LogP contribution in [-0.2, 0) is 19.0 Å². The van der Waals surface area contributed by atoms with Gasteiger partial charge in [0.2, 0.25) is 0 Å². The third-order valence-electron chi connectivity index (χ3n) is 2.51. The highest BCUT2D eigenvalue weighted by molar-refractivity contribution is 5.46. The lowest BCUT2D eigenvalue weighted by molar-refractivity contribution is -0.138. The molecule has 0 N–H and O–H groups in total. The lowest BCUT2D eigenvalue weighted by atomic mass is 10.0. The van der Waals surface area contributed by atoms with Crippen LogP contribution in [0.25, 0.3) is 0 Å². The van der Waals surface area contributed by atoms with Crippen LogP contribution in [0.4, 0.5) is 13.2 Å². The van der Waals surface area contributed by atoms with Crippen molar-refractivity contribution in [2.45, 2.75) is 25.4 Å². The molecule has 0 aromatic carbocycles. The molecular formula is C10H7F3N2. The van der Waals surface area contributed by atoms with Gasteiger partial charge >= 0.3 is 6.18 Å². The van der Waals surface area contributed by atoms with E-state index in [1.807, 2.05) is 0 Å². The molecule has 0 saturated carbocycles. The van der Waals surface area contributed by atoms with E-state index in [0.717, 1.165) is 6.20 Å². The fraction of sp³-hybridized carbons (Fsp3) is 0.400. The summed E-state index contributed by atoms with van der Waals surface area (Å²) in [5.74, 6) is 0. The number of nitriles is 1. The highest BCUT2D eigenvalue weighted by Gasteiger charge is 2.38. The Bertz CT molecular complexity index is 443. The zero-order chi connectivity index (χ0) is 11.1. The SMILES string of the molecule is N#Cc1cnc2c(c1C(F)(F)F)CCC2. The average Bonchev–Trinajstić information content (AvgIpc) is 2.61. The molecule has 0 unspecified atom stereocenters.